The van der Waals surface area contributed by atoms with Crippen molar-refractivity contribution in [3.05, 3.63) is 34.1 Å². The summed E-state index contributed by atoms with van der Waals surface area (Å²) in [6, 6.07) is 3.91. The summed E-state index contributed by atoms with van der Waals surface area (Å²) in [5.74, 6) is -0.465. The van der Waals surface area contributed by atoms with Crippen LogP contribution in [-0.4, -0.2) is 34.6 Å². The van der Waals surface area contributed by atoms with E-state index in [9.17, 15) is 19.4 Å². The Labute approximate surface area is 131 Å². The zero-order valence-electron chi connectivity index (χ0n) is 12.1. The lowest BCUT2D eigenvalue weighted by Gasteiger charge is -2.22. The van der Waals surface area contributed by atoms with Gasteiger partial charge in [0.25, 0.3) is 0 Å². The largest absolute Gasteiger partial charge is 0.444 e. The second kappa shape index (κ2) is 7.20. The quantitative estimate of drug-likeness (QED) is 0.767. The highest BCUT2D eigenvalue weighted by Gasteiger charge is 2.22. The zero-order chi connectivity index (χ0) is 16.2. The second-order valence-corrected chi connectivity index (χ2v) is 6.42. The van der Waals surface area contributed by atoms with Gasteiger partial charge in [-0.25, -0.2) is 9.18 Å². The van der Waals surface area contributed by atoms with Crippen molar-refractivity contribution in [1.29, 1.82) is 0 Å². The molecule has 7 heteroatoms. The van der Waals surface area contributed by atoms with Crippen molar-refractivity contribution in [3.63, 3.8) is 0 Å². The minimum Gasteiger partial charge on any atom is -0.444 e. The maximum absolute atomic E-state index is 13.1. The van der Waals surface area contributed by atoms with Crippen molar-refractivity contribution >= 4 is 22.0 Å². The fourth-order valence-corrected chi connectivity index (χ4v) is 1.93. The van der Waals surface area contributed by atoms with E-state index in [2.05, 4.69) is 21.2 Å². The molecule has 21 heavy (non-hydrogen) atoms. The second-order valence-electron chi connectivity index (χ2n) is 5.57. The molecular weight excluding hydrogens is 345 g/mol. The lowest BCUT2D eigenvalue weighted by Crippen LogP contribution is -2.38. The summed E-state index contributed by atoms with van der Waals surface area (Å²) in [5.41, 5.74) is -0.308. The van der Waals surface area contributed by atoms with Gasteiger partial charge in [0.15, 0.2) is 0 Å². The van der Waals surface area contributed by atoms with Crippen LogP contribution in [0.1, 0.15) is 32.4 Å². The number of hydrogen-bond acceptors (Lipinski definition) is 4. The van der Waals surface area contributed by atoms with Crippen molar-refractivity contribution in [2.75, 3.05) is 6.54 Å². The first-order chi connectivity index (χ1) is 9.60. The average molecular weight is 364 g/mol. The van der Waals surface area contributed by atoms with E-state index < -0.39 is 29.7 Å². The Morgan fingerprint density at radius 2 is 2.05 bits per heavy atom. The smallest absolute Gasteiger partial charge is 0.407 e. The standard InChI is InChI=1S/C14H19BrFNO4/c1-14(2,3)21-13(20)17-7-11(18)12(19)8-4-5-10(16)9(15)6-8/h4-6,11-12,18-19H,7H2,1-3H3,(H,17,20). The van der Waals surface area contributed by atoms with Gasteiger partial charge in [-0.15, -0.1) is 0 Å². The Kier molecular flexibility index (Phi) is 6.12. The van der Waals surface area contributed by atoms with Crippen LogP contribution in [-0.2, 0) is 4.74 Å². The van der Waals surface area contributed by atoms with Crippen LogP contribution in [0.2, 0.25) is 0 Å². The van der Waals surface area contributed by atoms with E-state index in [0.717, 1.165) is 0 Å². The molecule has 3 N–H and O–H groups in total. The normalized spacial score (nSPS) is 14.4. The monoisotopic (exact) mass is 363 g/mol. The Balaban J connectivity index is 2.56. The van der Waals surface area contributed by atoms with Crippen LogP contribution in [0.25, 0.3) is 0 Å². The Morgan fingerprint density at radius 1 is 1.43 bits per heavy atom. The van der Waals surface area contributed by atoms with Crippen LogP contribution in [0.3, 0.4) is 0 Å². The molecule has 0 saturated heterocycles. The third-order valence-corrected chi connectivity index (χ3v) is 3.11. The van der Waals surface area contributed by atoms with E-state index in [0.29, 0.717) is 5.56 Å². The topological polar surface area (TPSA) is 78.8 Å². The minimum absolute atomic E-state index is 0.186. The van der Waals surface area contributed by atoms with Gasteiger partial charge in [0.2, 0.25) is 0 Å². The van der Waals surface area contributed by atoms with Crippen molar-refractivity contribution in [2.24, 2.45) is 0 Å². The average Bonchev–Trinajstić information content (AvgIpc) is 2.36. The molecule has 1 aromatic carbocycles. The number of hydrogen-bond donors (Lipinski definition) is 3. The first-order valence-corrected chi connectivity index (χ1v) is 7.17. The number of alkyl carbamates (subject to hydrolysis) is 1. The molecule has 0 aromatic heterocycles. The Hall–Kier alpha value is -1.18. The van der Waals surface area contributed by atoms with E-state index in [1.54, 1.807) is 20.8 Å². The molecule has 118 valence electrons. The molecule has 1 amide bonds. The van der Waals surface area contributed by atoms with Crippen LogP contribution in [0.4, 0.5) is 9.18 Å². The van der Waals surface area contributed by atoms with E-state index in [-0.39, 0.29) is 11.0 Å². The van der Waals surface area contributed by atoms with Crippen LogP contribution in [0.5, 0.6) is 0 Å². The third kappa shape index (κ3) is 5.99. The number of halogens is 2. The molecule has 5 nitrogen and oxygen atoms in total. The molecule has 0 aliphatic heterocycles. The zero-order valence-corrected chi connectivity index (χ0v) is 13.6. The molecule has 0 bridgehead atoms. The summed E-state index contributed by atoms with van der Waals surface area (Å²) in [4.78, 5) is 11.4. The maximum Gasteiger partial charge on any atom is 0.407 e. The number of aliphatic hydroxyl groups is 2. The molecule has 0 radical (unpaired) electrons. The van der Waals surface area contributed by atoms with Gasteiger partial charge in [-0.2, -0.15) is 0 Å². The van der Waals surface area contributed by atoms with Crippen LogP contribution < -0.4 is 5.32 Å². The molecular formula is C14H19BrFNO4. The molecule has 0 spiro atoms. The van der Waals surface area contributed by atoms with Crippen LogP contribution >= 0.6 is 15.9 Å². The summed E-state index contributed by atoms with van der Waals surface area (Å²) in [6.45, 7) is 4.96. The van der Waals surface area contributed by atoms with Crippen molar-refractivity contribution < 1.29 is 24.1 Å². The number of benzene rings is 1. The molecule has 2 atom stereocenters. The summed E-state index contributed by atoms with van der Waals surface area (Å²) in [5, 5.41) is 22.2. The number of amides is 1. The summed E-state index contributed by atoms with van der Waals surface area (Å²) in [7, 11) is 0. The van der Waals surface area contributed by atoms with Gasteiger partial charge in [0.1, 0.15) is 23.6 Å². The maximum atomic E-state index is 13.1. The predicted molar refractivity (Wildman–Crippen MR) is 79.3 cm³/mol. The molecule has 2 unspecified atom stereocenters. The fraction of sp³-hybridized carbons (Fsp3) is 0.500. The van der Waals surface area contributed by atoms with Gasteiger partial charge >= 0.3 is 6.09 Å². The van der Waals surface area contributed by atoms with Gasteiger partial charge < -0.3 is 20.3 Å². The number of carbonyl (C=O) groups excluding carboxylic acids is 1. The summed E-state index contributed by atoms with van der Waals surface area (Å²) in [6.07, 6.45) is -3.18. The number of rotatable bonds is 4. The van der Waals surface area contributed by atoms with Gasteiger partial charge in [-0.3, -0.25) is 0 Å². The molecule has 1 aromatic rings. The first-order valence-electron chi connectivity index (χ1n) is 6.38. The number of ether oxygens (including phenoxy) is 1. The highest BCUT2D eigenvalue weighted by Crippen LogP contribution is 2.23. The third-order valence-electron chi connectivity index (χ3n) is 2.50. The van der Waals surface area contributed by atoms with E-state index in [4.69, 9.17) is 4.74 Å². The molecule has 0 aliphatic carbocycles. The molecule has 1 rings (SSSR count). The van der Waals surface area contributed by atoms with Crippen molar-refractivity contribution in [3.8, 4) is 0 Å². The highest BCUT2D eigenvalue weighted by molar-refractivity contribution is 9.10. The Bertz CT molecular complexity index is 504. The molecule has 0 fully saturated rings. The van der Waals surface area contributed by atoms with Gasteiger partial charge in [-0.1, -0.05) is 6.07 Å². The van der Waals surface area contributed by atoms with Crippen LogP contribution in [0.15, 0.2) is 22.7 Å². The fourth-order valence-electron chi connectivity index (χ4n) is 1.53. The van der Waals surface area contributed by atoms with Crippen molar-refractivity contribution in [2.45, 2.75) is 38.6 Å². The molecule has 0 heterocycles. The minimum atomic E-state index is -1.25. The van der Waals surface area contributed by atoms with Gasteiger partial charge in [0, 0.05) is 6.54 Å². The number of nitrogens with one attached hydrogen (secondary N) is 1. The Morgan fingerprint density at radius 3 is 2.57 bits per heavy atom. The number of carbonyl (C=O) groups is 1. The van der Waals surface area contributed by atoms with Gasteiger partial charge in [-0.05, 0) is 54.4 Å². The van der Waals surface area contributed by atoms with E-state index >= 15 is 0 Å². The highest BCUT2D eigenvalue weighted by atomic mass is 79.9. The lowest BCUT2D eigenvalue weighted by molar-refractivity contribution is 0.0129. The number of aliphatic hydroxyl groups excluding tert-OH is 2. The SMILES string of the molecule is CC(C)(C)OC(=O)NCC(O)C(O)c1ccc(F)c(Br)c1. The lowest BCUT2D eigenvalue weighted by atomic mass is 10.0. The van der Waals surface area contributed by atoms with Gasteiger partial charge in [0.05, 0.1) is 4.47 Å². The van der Waals surface area contributed by atoms with E-state index in [1.807, 2.05) is 0 Å². The first kappa shape index (κ1) is 17.9. The van der Waals surface area contributed by atoms with E-state index in [1.165, 1.54) is 18.2 Å². The van der Waals surface area contributed by atoms with Crippen molar-refractivity contribution in [1.82, 2.24) is 5.32 Å². The predicted octanol–water partition coefficient (Wildman–Crippen LogP) is 2.51. The summed E-state index contributed by atoms with van der Waals surface area (Å²) < 4.78 is 18.3. The molecule has 0 saturated carbocycles. The summed E-state index contributed by atoms with van der Waals surface area (Å²) >= 11 is 3.00. The van der Waals surface area contributed by atoms with Crippen LogP contribution in [0, 0.1) is 5.82 Å². The molecule has 0 aliphatic rings.